The monoisotopic (exact) mass is 445 g/mol. The van der Waals surface area contributed by atoms with Gasteiger partial charge >= 0.3 is 0 Å². The zero-order chi connectivity index (χ0) is 21.7. The number of rotatable bonds is 4. The van der Waals surface area contributed by atoms with Gasteiger partial charge in [0.05, 0.1) is 11.6 Å². The number of hydrogen-bond acceptors (Lipinski definition) is 4. The Morgan fingerprint density at radius 3 is 2.43 bits per heavy atom. The molecule has 1 saturated carbocycles. The quantitative estimate of drug-likeness (QED) is 0.365. The van der Waals surface area contributed by atoms with E-state index >= 15 is 0 Å². The number of fused-ring (bicyclic) bond motifs is 1. The van der Waals surface area contributed by atoms with Crippen molar-refractivity contribution in [3.63, 3.8) is 0 Å². The minimum Gasteiger partial charge on any atom is -0.414 e. The molecular weight excluding hydrogens is 414 g/mol. The second kappa shape index (κ2) is 7.77. The number of halogens is 1. The van der Waals surface area contributed by atoms with Gasteiger partial charge in [0.1, 0.15) is 16.5 Å². The van der Waals surface area contributed by atoms with Crippen molar-refractivity contribution >= 4 is 30.8 Å². The second-order valence-electron chi connectivity index (χ2n) is 10.0. The van der Waals surface area contributed by atoms with Crippen molar-refractivity contribution in [1.29, 1.82) is 0 Å². The van der Waals surface area contributed by atoms with E-state index in [9.17, 15) is 0 Å². The zero-order valence-corrected chi connectivity index (χ0v) is 20.6. The van der Waals surface area contributed by atoms with Gasteiger partial charge in [-0.05, 0) is 49.9 Å². The Balaban J connectivity index is 1.58. The fourth-order valence-corrected chi connectivity index (χ4v) is 5.59. The number of aryl methyl sites for hydroxylation is 1. The first-order valence-corrected chi connectivity index (χ1v) is 14.1. The molecule has 0 radical (unpaired) electrons. The summed E-state index contributed by atoms with van der Waals surface area (Å²) in [4.78, 5) is 4.30. The lowest BCUT2D eigenvalue weighted by Gasteiger charge is -2.41. The molecule has 0 saturated heterocycles. The van der Waals surface area contributed by atoms with Gasteiger partial charge in [-0.1, -0.05) is 32.4 Å². The van der Waals surface area contributed by atoms with Crippen molar-refractivity contribution in [1.82, 2.24) is 24.5 Å². The molecule has 0 N–H and O–H groups in total. The fraction of sp³-hybridized carbons (Fsp3) is 0.591. The summed E-state index contributed by atoms with van der Waals surface area (Å²) in [6, 6.07) is 4.25. The van der Waals surface area contributed by atoms with Crippen LogP contribution in [0.5, 0.6) is 0 Å². The molecule has 0 atom stereocenters. The predicted molar refractivity (Wildman–Crippen MR) is 124 cm³/mol. The van der Waals surface area contributed by atoms with Crippen LogP contribution < -0.4 is 0 Å². The smallest absolute Gasteiger partial charge is 0.192 e. The van der Waals surface area contributed by atoms with E-state index in [1.54, 1.807) is 4.68 Å². The first kappa shape index (κ1) is 21.5. The first-order chi connectivity index (χ1) is 14.0. The van der Waals surface area contributed by atoms with Crippen LogP contribution >= 0.6 is 11.6 Å². The van der Waals surface area contributed by atoms with E-state index in [0.717, 1.165) is 48.0 Å². The maximum Gasteiger partial charge on any atom is 0.192 e. The molecule has 1 fully saturated rings. The molecule has 3 heterocycles. The maximum absolute atomic E-state index is 6.68. The highest BCUT2D eigenvalue weighted by Crippen LogP contribution is 2.41. The molecule has 0 amide bonds. The van der Waals surface area contributed by atoms with E-state index in [-0.39, 0.29) is 5.04 Å². The van der Waals surface area contributed by atoms with Crippen LogP contribution in [0.15, 0.2) is 24.5 Å². The van der Waals surface area contributed by atoms with Crippen LogP contribution in [0, 0.1) is 0 Å². The lowest BCUT2D eigenvalue weighted by Crippen LogP contribution is -2.44. The van der Waals surface area contributed by atoms with E-state index < -0.39 is 8.32 Å². The molecule has 0 aromatic carbocycles. The van der Waals surface area contributed by atoms with Crippen molar-refractivity contribution in [2.45, 2.75) is 76.7 Å². The highest BCUT2D eigenvalue weighted by molar-refractivity contribution is 6.74. The zero-order valence-electron chi connectivity index (χ0n) is 18.8. The molecule has 0 aliphatic heterocycles. The lowest BCUT2D eigenvalue weighted by molar-refractivity contribution is 0.116. The molecule has 4 rings (SSSR count). The van der Waals surface area contributed by atoms with Crippen LogP contribution in [-0.4, -0.2) is 39.0 Å². The van der Waals surface area contributed by atoms with Crippen molar-refractivity contribution in [3.05, 3.63) is 29.7 Å². The number of nitrogens with zero attached hydrogens (tertiary/aromatic N) is 5. The average molecular weight is 446 g/mol. The molecule has 30 heavy (non-hydrogen) atoms. The summed E-state index contributed by atoms with van der Waals surface area (Å²) in [5.41, 5.74) is 2.76. The first-order valence-electron chi connectivity index (χ1n) is 10.8. The van der Waals surface area contributed by atoms with Crippen molar-refractivity contribution < 1.29 is 4.43 Å². The van der Waals surface area contributed by atoms with Gasteiger partial charge in [-0.2, -0.15) is 10.2 Å². The topological polar surface area (TPSA) is 57.8 Å². The molecule has 3 aromatic heterocycles. The van der Waals surface area contributed by atoms with Gasteiger partial charge in [-0.25, -0.2) is 4.98 Å². The molecular formula is C22H32ClN5OSi. The normalized spacial score (nSPS) is 20.8. The van der Waals surface area contributed by atoms with E-state index in [0.29, 0.717) is 17.3 Å². The maximum atomic E-state index is 6.68. The third-order valence-electron chi connectivity index (χ3n) is 6.77. The molecule has 0 bridgehead atoms. The molecule has 1 aliphatic carbocycles. The van der Waals surface area contributed by atoms with Crippen molar-refractivity contribution in [2.75, 3.05) is 0 Å². The fourth-order valence-electron chi connectivity index (χ4n) is 4.02. The number of aromatic nitrogens is 5. The third kappa shape index (κ3) is 4.07. The van der Waals surface area contributed by atoms with Crippen LogP contribution in [-0.2, 0) is 11.5 Å². The summed E-state index contributed by atoms with van der Waals surface area (Å²) in [5.74, 6) is 0. The third-order valence-corrected chi connectivity index (χ3v) is 11.5. The van der Waals surface area contributed by atoms with Gasteiger partial charge in [0.15, 0.2) is 8.32 Å². The van der Waals surface area contributed by atoms with Crippen LogP contribution in [0.4, 0.5) is 0 Å². The summed E-state index contributed by atoms with van der Waals surface area (Å²) < 4.78 is 10.6. The van der Waals surface area contributed by atoms with Gasteiger partial charge < -0.3 is 4.43 Å². The average Bonchev–Trinajstić information content (AvgIpc) is 3.24. The van der Waals surface area contributed by atoms with Gasteiger partial charge in [0, 0.05) is 37.0 Å². The van der Waals surface area contributed by atoms with E-state index in [1.165, 1.54) is 0 Å². The summed E-state index contributed by atoms with van der Waals surface area (Å²) in [6.07, 6.45) is 8.34. The molecule has 0 spiro atoms. The Hall–Kier alpha value is -1.70. The Bertz CT molecular complexity index is 1040. The van der Waals surface area contributed by atoms with Crippen LogP contribution in [0.3, 0.4) is 0 Å². The molecule has 3 aromatic rings. The largest absolute Gasteiger partial charge is 0.414 e. The summed E-state index contributed by atoms with van der Waals surface area (Å²) in [6.45, 7) is 11.6. The summed E-state index contributed by atoms with van der Waals surface area (Å²) >= 11 is 6.24. The summed E-state index contributed by atoms with van der Waals surface area (Å²) in [5, 5.41) is 11.3. The molecule has 6 nitrogen and oxygen atoms in total. The van der Waals surface area contributed by atoms with Gasteiger partial charge in [0.25, 0.3) is 0 Å². The minimum absolute atomic E-state index is 0.239. The number of hydrogen-bond donors (Lipinski definition) is 0. The summed E-state index contributed by atoms with van der Waals surface area (Å²) in [7, 11) is 0.177. The van der Waals surface area contributed by atoms with E-state index in [1.807, 2.05) is 31.6 Å². The van der Waals surface area contributed by atoms with E-state index in [2.05, 4.69) is 48.6 Å². The Morgan fingerprint density at radius 1 is 1.13 bits per heavy atom. The second-order valence-corrected chi connectivity index (χ2v) is 15.1. The van der Waals surface area contributed by atoms with Gasteiger partial charge in [-0.3, -0.25) is 9.36 Å². The Morgan fingerprint density at radius 2 is 1.83 bits per heavy atom. The lowest BCUT2D eigenvalue weighted by atomic mass is 9.93. The highest BCUT2D eigenvalue weighted by atomic mass is 35.5. The van der Waals surface area contributed by atoms with Crippen molar-refractivity contribution in [2.24, 2.45) is 7.05 Å². The molecule has 162 valence electrons. The van der Waals surface area contributed by atoms with Crippen LogP contribution in [0.25, 0.3) is 22.3 Å². The number of pyridine rings is 1. The minimum atomic E-state index is -1.74. The standard InChI is InChI=1S/C22H32ClN5OSi/c1-22(2,3)30(5,6)29-16-9-7-15(8-10-16)28-19-13-20(23)24-14-17(19)21(26-28)18-11-12-27(4)25-18/h11-16H,7-10H2,1-6H3/t15-,16-. The Kier molecular flexibility index (Phi) is 5.57. The highest BCUT2D eigenvalue weighted by Gasteiger charge is 2.40. The van der Waals surface area contributed by atoms with E-state index in [4.69, 9.17) is 21.1 Å². The molecule has 1 aliphatic rings. The predicted octanol–water partition coefficient (Wildman–Crippen LogP) is 5.99. The Labute approximate surface area is 184 Å². The van der Waals surface area contributed by atoms with Crippen LogP contribution in [0.1, 0.15) is 52.5 Å². The van der Waals surface area contributed by atoms with Gasteiger partial charge in [-0.15, -0.1) is 0 Å². The SMILES string of the molecule is Cn1ccc(-c2nn([C@H]3CC[C@H](O[Si](C)(C)C(C)(C)C)CC3)c3cc(Cl)ncc23)n1. The molecule has 0 unspecified atom stereocenters. The molecule has 8 heteroatoms. The van der Waals surface area contributed by atoms with Crippen molar-refractivity contribution in [3.8, 4) is 11.4 Å². The van der Waals surface area contributed by atoms with Gasteiger partial charge in [0.2, 0.25) is 0 Å². The van der Waals surface area contributed by atoms with Crippen LogP contribution in [0.2, 0.25) is 23.3 Å².